The van der Waals surface area contributed by atoms with Crippen molar-refractivity contribution in [3.63, 3.8) is 0 Å². The normalized spacial score (nSPS) is 17.4. The summed E-state index contributed by atoms with van der Waals surface area (Å²) in [4.78, 5) is 10.2. The van der Waals surface area contributed by atoms with E-state index in [4.69, 9.17) is 0 Å². The molecule has 0 N–H and O–H groups in total. The molecule has 0 spiro atoms. The Bertz CT molecular complexity index is 308. The van der Waals surface area contributed by atoms with Gasteiger partial charge in [-0.15, -0.1) is 5.10 Å². The van der Waals surface area contributed by atoms with Crippen LogP contribution in [0.3, 0.4) is 0 Å². The zero-order valence-corrected chi connectivity index (χ0v) is 8.61. The highest BCUT2D eigenvalue weighted by atomic mass is 32.2. The Kier molecular flexibility index (Phi) is 3.13. The van der Waals surface area contributed by atoms with Crippen LogP contribution in [0.15, 0.2) is 5.16 Å². The van der Waals surface area contributed by atoms with Crippen molar-refractivity contribution >= 4 is 18.0 Å². The predicted molar refractivity (Wildman–Crippen MR) is 52.1 cm³/mol. The maximum atomic E-state index is 10.2. The van der Waals surface area contributed by atoms with E-state index in [0.29, 0.717) is 11.8 Å². The van der Waals surface area contributed by atoms with E-state index in [1.807, 2.05) is 4.68 Å². The van der Waals surface area contributed by atoms with Gasteiger partial charge in [-0.3, -0.25) is 0 Å². The van der Waals surface area contributed by atoms with Crippen LogP contribution in [0.5, 0.6) is 0 Å². The minimum absolute atomic E-state index is 0.424. The van der Waals surface area contributed by atoms with Crippen molar-refractivity contribution in [1.82, 2.24) is 20.2 Å². The van der Waals surface area contributed by atoms with Crippen molar-refractivity contribution in [3.05, 3.63) is 0 Å². The lowest BCUT2D eigenvalue weighted by Gasteiger charge is -2.09. The van der Waals surface area contributed by atoms with Crippen molar-refractivity contribution in [2.24, 2.45) is 0 Å². The molecule has 14 heavy (non-hydrogen) atoms. The molecule has 0 atom stereocenters. The third kappa shape index (κ3) is 1.95. The predicted octanol–water partition coefficient (Wildman–Crippen LogP) is 1.08. The van der Waals surface area contributed by atoms with Crippen LogP contribution in [0.4, 0.5) is 0 Å². The first kappa shape index (κ1) is 9.64. The van der Waals surface area contributed by atoms with Crippen molar-refractivity contribution in [3.8, 4) is 0 Å². The van der Waals surface area contributed by atoms with Gasteiger partial charge in [0.05, 0.1) is 11.8 Å². The van der Waals surface area contributed by atoms with Crippen LogP contribution in [0.2, 0.25) is 0 Å². The summed E-state index contributed by atoms with van der Waals surface area (Å²) in [6.07, 6.45) is 5.68. The molecule has 1 fully saturated rings. The Morgan fingerprint density at radius 3 is 3.00 bits per heavy atom. The van der Waals surface area contributed by atoms with E-state index in [2.05, 4.69) is 15.5 Å². The summed E-state index contributed by atoms with van der Waals surface area (Å²) in [6, 6.07) is 0.444. The molecule has 1 aliphatic rings. The summed E-state index contributed by atoms with van der Waals surface area (Å²) >= 11 is 1.40. The molecule has 1 heterocycles. The molecule has 0 aromatic carbocycles. The molecule has 6 heteroatoms. The minimum Gasteiger partial charge on any atom is -0.302 e. The fourth-order valence-corrected chi connectivity index (χ4v) is 2.40. The summed E-state index contributed by atoms with van der Waals surface area (Å²) in [7, 11) is 0. The van der Waals surface area contributed by atoms with Gasteiger partial charge in [-0.1, -0.05) is 24.6 Å². The largest absolute Gasteiger partial charge is 0.302 e. The van der Waals surface area contributed by atoms with E-state index in [0.717, 1.165) is 24.3 Å². The zero-order valence-electron chi connectivity index (χ0n) is 7.80. The number of tetrazole rings is 1. The van der Waals surface area contributed by atoms with Crippen molar-refractivity contribution in [2.45, 2.75) is 36.9 Å². The second kappa shape index (κ2) is 4.54. The Balaban J connectivity index is 2.07. The van der Waals surface area contributed by atoms with Gasteiger partial charge in [0.25, 0.3) is 0 Å². The third-order valence-corrected chi connectivity index (χ3v) is 3.24. The quantitative estimate of drug-likeness (QED) is 0.552. The molecule has 1 saturated carbocycles. The molecule has 0 saturated heterocycles. The van der Waals surface area contributed by atoms with Crippen LogP contribution in [0.1, 0.15) is 31.7 Å². The monoisotopic (exact) mass is 212 g/mol. The lowest BCUT2D eigenvalue weighted by molar-refractivity contribution is -0.105. The van der Waals surface area contributed by atoms with Gasteiger partial charge in [-0.2, -0.15) is 0 Å². The third-order valence-electron chi connectivity index (χ3n) is 2.41. The molecule has 0 radical (unpaired) electrons. The summed E-state index contributed by atoms with van der Waals surface area (Å²) in [5.74, 6) is 0.424. The Morgan fingerprint density at radius 2 is 2.29 bits per heavy atom. The van der Waals surface area contributed by atoms with Crippen LogP contribution >= 0.6 is 11.8 Å². The zero-order chi connectivity index (χ0) is 9.80. The van der Waals surface area contributed by atoms with Gasteiger partial charge in [0.15, 0.2) is 0 Å². The van der Waals surface area contributed by atoms with E-state index in [1.165, 1.54) is 24.6 Å². The number of carbonyl (C=O) groups excluding carboxylic acids is 1. The number of hydrogen-bond donors (Lipinski definition) is 0. The molecule has 1 aromatic heterocycles. The average Bonchev–Trinajstić information content (AvgIpc) is 2.84. The van der Waals surface area contributed by atoms with E-state index >= 15 is 0 Å². The molecule has 2 rings (SSSR count). The highest BCUT2D eigenvalue weighted by Crippen LogP contribution is 2.31. The Labute approximate surface area is 86.2 Å². The maximum Gasteiger partial charge on any atom is 0.209 e. The van der Waals surface area contributed by atoms with Crippen LogP contribution in [-0.4, -0.2) is 32.2 Å². The summed E-state index contributed by atoms with van der Waals surface area (Å²) < 4.78 is 1.86. The number of rotatable bonds is 4. The number of thioether (sulfide) groups is 1. The van der Waals surface area contributed by atoms with Crippen molar-refractivity contribution in [1.29, 1.82) is 0 Å². The summed E-state index contributed by atoms with van der Waals surface area (Å²) in [6.45, 7) is 0. The molecule has 0 unspecified atom stereocenters. The summed E-state index contributed by atoms with van der Waals surface area (Å²) in [5, 5.41) is 12.3. The van der Waals surface area contributed by atoms with Crippen LogP contribution in [0, 0.1) is 0 Å². The standard InChI is InChI=1S/C8H12N4OS/c13-5-6-14-8-9-10-11-12(8)7-3-1-2-4-7/h5,7H,1-4,6H2. The van der Waals surface area contributed by atoms with E-state index < -0.39 is 0 Å². The molecule has 76 valence electrons. The maximum absolute atomic E-state index is 10.2. The molecule has 1 aliphatic carbocycles. The average molecular weight is 212 g/mol. The first-order valence-corrected chi connectivity index (χ1v) is 5.74. The lowest BCUT2D eigenvalue weighted by Crippen LogP contribution is -2.08. The number of carbonyl (C=O) groups is 1. The molecule has 0 aliphatic heterocycles. The SMILES string of the molecule is O=CCSc1nnnn1C1CCCC1. The van der Waals surface area contributed by atoms with Gasteiger partial charge in [0.1, 0.15) is 6.29 Å². The van der Waals surface area contributed by atoms with Crippen molar-refractivity contribution < 1.29 is 4.79 Å². The Morgan fingerprint density at radius 1 is 1.50 bits per heavy atom. The molecule has 0 amide bonds. The molecule has 1 aromatic rings. The van der Waals surface area contributed by atoms with Crippen LogP contribution < -0.4 is 0 Å². The number of nitrogens with zero attached hydrogens (tertiary/aromatic N) is 4. The highest BCUT2D eigenvalue weighted by molar-refractivity contribution is 7.99. The van der Waals surface area contributed by atoms with E-state index in [1.54, 1.807) is 0 Å². The highest BCUT2D eigenvalue weighted by Gasteiger charge is 2.21. The first-order valence-electron chi connectivity index (χ1n) is 4.76. The van der Waals surface area contributed by atoms with Gasteiger partial charge in [0, 0.05) is 0 Å². The molecule has 5 nitrogen and oxygen atoms in total. The number of aldehydes is 1. The molecular formula is C8H12N4OS. The molecular weight excluding hydrogens is 200 g/mol. The van der Waals surface area contributed by atoms with Crippen LogP contribution in [0.25, 0.3) is 0 Å². The van der Waals surface area contributed by atoms with Crippen LogP contribution in [-0.2, 0) is 4.79 Å². The first-order chi connectivity index (χ1) is 6.92. The van der Waals surface area contributed by atoms with E-state index in [9.17, 15) is 4.79 Å². The minimum atomic E-state index is 0.424. The Hall–Kier alpha value is -0.910. The van der Waals surface area contributed by atoms with Gasteiger partial charge < -0.3 is 4.79 Å². The van der Waals surface area contributed by atoms with Gasteiger partial charge in [-0.25, -0.2) is 4.68 Å². The summed E-state index contributed by atoms with van der Waals surface area (Å²) in [5.41, 5.74) is 0. The number of aromatic nitrogens is 4. The second-order valence-corrected chi connectivity index (χ2v) is 4.31. The van der Waals surface area contributed by atoms with Crippen molar-refractivity contribution in [2.75, 3.05) is 5.75 Å². The van der Waals surface area contributed by atoms with E-state index in [-0.39, 0.29) is 0 Å². The number of hydrogen-bond acceptors (Lipinski definition) is 5. The fourth-order valence-electron chi connectivity index (χ4n) is 1.77. The topological polar surface area (TPSA) is 60.7 Å². The second-order valence-electron chi connectivity index (χ2n) is 3.32. The van der Waals surface area contributed by atoms with Gasteiger partial charge in [-0.05, 0) is 23.3 Å². The lowest BCUT2D eigenvalue weighted by atomic mass is 10.3. The molecule has 0 bridgehead atoms. The fraction of sp³-hybridized carbons (Fsp3) is 0.750. The van der Waals surface area contributed by atoms with Gasteiger partial charge >= 0.3 is 0 Å². The van der Waals surface area contributed by atoms with Gasteiger partial charge in [0.2, 0.25) is 5.16 Å². The smallest absolute Gasteiger partial charge is 0.209 e.